The molecule has 3 rings (SSSR count). The van der Waals surface area contributed by atoms with Gasteiger partial charge in [0.1, 0.15) is 0 Å². The van der Waals surface area contributed by atoms with Crippen LogP contribution in [-0.4, -0.2) is 22.6 Å². The minimum atomic E-state index is -0.595. The van der Waals surface area contributed by atoms with Gasteiger partial charge in [0.05, 0.1) is 16.1 Å². The molecule has 0 fully saturated rings. The molecule has 2 aromatic rings. The van der Waals surface area contributed by atoms with E-state index in [9.17, 15) is 24.5 Å². The number of hydrogen-bond acceptors (Lipinski definition) is 5. The third-order valence-electron chi connectivity index (χ3n) is 3.31. The van der Waals surface area contributed by atoms with Gasteiger partial charge < -0.3 is 5.32 Å². The number of anilines is 1. The maximum atomic E-state index is 12.1. The third kappa shape index (κ3) is 2.64. The second-order valence-corrected chi connectivity index (χ2v) is 4.81. The molecular weight excluding hydrogens is 302 g/mol. The first-order valence-corrected chi connectivity index (χ1v) is 6.51. The van der Waals surface area contributed by atoms with Gasteiger partial charge in [-0.25, -0.2) is 0 Å². The van der Waals surface area contributed by atoms with Crippen LogP contribution in [0.25, 0.3) is 0 Å². The van der Waals surface area contributed by atoms with Crippen LogP contribution in [-0.2, 0) is 0 Å². The van der Waals surface area contributed by atoms with Crippen LogP contribution in [0.4, 0.5) is 11.4 Å². The van der Waals surface area contributed by atoms with Gasteiger partial charge in [-0.1, -0.05) is 6.07 Å². The maximum Gasteiger partial charge on any atom is 0.270 e. The molecule has 0 unspecified atom stereocenters. The van der Waals surface area contributed by atoms with Crippen LogP contribution in [0, 0.1) is 10.1 Å². The van der Waals surface area contributed by atoms with Crippen LogP contribution in [0.3, 0.4) is 0 Å². The molecule has 0 aliphatic carbocycles. The smallest absolute Gasteiger partial charge is 0.270 e. The van der Waals surface area contributed by atoms with Crippen molar-refractivity contribution < 1.29 is 19.3 Å². The van der Waals surface area contributed by atoms with Crippen LogP contribution < -0.4 is 10.6 Å². The van der Waals surface area contributed by atoms with Crippen LogP contribution in [0.15, 0.2) is 42.5 Å². The second-order valence-electron chi connectivity index (χ2n) is 4.81. The molecule has 0 radical (unpaired) electrons. The second kappa shape index (κ2) is 5.34. The van der Waals surface area contributed by atoms with Gasteiger partial charge in [0.25, 0.3) is 23.4 Å². The molecule has 2 N–H and O–H groups in total. The summed E-state index contributed by atoms with van der Waals surface area (Å²) >= 11 is 0. The zero-order valence-corrected chi connectivity index (χ0v) is 11.5. The van der Waals surface area contributed by atoms with Gasteiger partial charge in [0.2, 0.25) is 0 Å². The van der Waals surface area contributed by atoms with E-state index in [0.29, 0.717) is 5.69 Å². The molecule has 3 amide bonds. The number of carbonyl (C=O) groups is 3. The first kappa shape index (κ1) is 14.4. The van der Waals surface area contributed by atoms with Gasteiger partial charge in [-0.2, -0.15) is 0 Å². The van der Waals surface area contributed by atoms with Crippen molar-refractivity contribution in [3.8, 4) is 0 Å². The van der Waals surface area contributed by atoms with Crippen LogP contribution >= 0.6 is 0 Å². The van der Waals surface area contributed by atoms with Crippen molar-refractivity contribution >= 4 is 29.1 Å². The average Bonchev–Trinajstić information content (AvgIpc) is 2.81. The molecule has 114 valence electrons. The molecule has 0 aromatic heterocycles. The third-order valence-corrected chi connectivity index (χ3v) is 3.31. The molecule has 0 bridgehead atoms. The summed E-state index contributed by atoms with van der Waals surface area (Å²) in [5.74, 6) is -1.57. The van der Waals surface area contributed by atoms with Crippen molar-refractivity contribution in [2.45, 2.75) is 0 Å². The number of nitrogens with zero attached hydrogens (tertiary/aromatic N) is 1. The molecule has 23 heavy (non-hydrogen) atoms. The van der Waals surface area contributed by atoms with E-state index in [-0.39, 0.29) is 22.4 Å². The van der Waals surface area contributed by atoms with Crippen molar-refractivity contribution in [3.05, 3.63) is 69.3 Å². The Labute approximate surface area is 129 Å². The Morgan fingerprint density at radius 1 is 1.04 bits per heavy atom. The number of hydrogen-bond donors (Lipinski definition) is 2. The monoisotopic (exact) mass is 311 g/mol. The number of benzene rings is 2. The average molecular weight is 311 g/mol. The summed E-state index contributed by atoms with van der Waals surface area (Å²) in [5.41, 5.74) is 0.636. The van der Waals surface area contributed by atoms with Crippen molar-refractivity contribution in [3.63, 3.8) is 0 Å². The van der Waals surface area contributed by atoms with E-state index in [1.54, 1.807) is 0 Å². The molecule has 0 atom stereocenters. The highest BCUT2D eigenvalue weighted by molar-refractivity contribution is 6.22. The van der Waals surface area contributed by atoms with Crippen LogP contribution in [0.1, 0.15) is 31.1 Å². The van der Waals surface area contributed by atoms with E-state index in [4.69, 9.17) is 0 Å². The molecule has 8 nitrogen and oxygen atoms in total. The fourth-order valence-corrected chi connectivity index (χ4v) is 2.21. The van der Waals surface area contributed by atoms with Gasteiger partial charge in [-0.15, -0.1) is 0 Å². The summed E-state index contributed by atoms with van der Waals surface area (Å²) in [6.45, 7) is 0. The number of fused-ring (bicyclic) bond motifs is 1. The lowest BCUT2D eigenvalue weighted by Gasteiger charge is -2.06. The fourth-order valence-electron chi connectivity index (χ4n) is 2.21. The predicted molar refractivity (Wildman–Crippen MR) is 79.3 cm³/mol. The summed E-state index contributed by atoms with van der Waals surface area (Å²) < 4.78 is 0. The molecule has 8 heteroatoms. The lowest BCUT2D eigenvalue weighted by Crippen LogP contribution is -2.19. The lowest BCUT2D eigenvalue weighted by molar-refractivity contribution is -0.384. The molecule has 0 saturated heterocycles. The van der Waals surface area contributed by atoms with E-state index in [0.717, 1.165) is 6.07 Å². The molecule has 0 saturated carbocycles. The first-order valence-electron chi connectivity index (χ1n) is 6.51. The summed E-state index contributed by atoms with van der Waals surface area (Å²) in [7, 11) is 0. The van der Waals surface area contributed by atoms with E-state index >= 15 is 0 Å². The normalized spacial score (nSPS) is 12.5. The number of nitro groups is 1. The van der Waals surface area contributed by atoms with Crippen molar-refractivity contribution in [2.75, 3.05) is 5.32 Å². The zero-order chi connectivity index (χ0) is 16.6. The van der Waals surface area contributed by atoms with Gasteiger partial charge in [-0.3, -0.25) is 29.8 Å². The van der Waals surface area contributed by atoms with Gasteiger partial charge >= 0.3 is 0 Å². The highest BCUT2D eigenvalue weighted by Gasteiger charge is 2.26. The minimum Gasteiger partial charge on any atom is -0.322 e. The van der Waals surface area contributed by atoms with Crippen molar-refractivity contribution in [1.29, 1.82) is 0 Å². The highest BCUT2D eigenvalue weighted by atomic mass is 16.6. The number of amides is 3. The number of carbonyl (C=O) groups excluding carboxylic acids is 3. The minimum absolute atomic E-state index is 0.111. The van der Waals surface area contributed by atoms with Gasteiger partial charge in [0, 0.05) is 23.4 Å². The Bertz CT molecular complexity index is 875. The molecule has 0 spiro atoms. The van der Waals surface area contributed by atoms with Crippen molar-refractivity contribution in [1.82, 2.24) is 5.32 Å². The first-order chi connectivity index (χ1) is 11.0. The lowest BCUT2D eigenvalue weighted by atomic mass is 10.1. The van der Waals surface area contributed by atoms with E-state index in [2.05, 4.69) is 10.6 Å². The number of nitro benzene ring substituents is 1. The number of rotatable bonds is 3. The fraction of sp³-hybridized carbons (Fsp3) is 0. The summed E-state index contributed by atoms with van der Waals surface area (Å²) in [5, 5.41) is 15.4. The van der Waals surface area contributed by atoms with Crippen LogP contribution in [0.5, 0.6) is 0 Å². The van der Waals surface area contributed by atoms with Gasteiger partial charge in [0.15, 0.2) is 0 Å². The molecule has 1 aliphatic heterocycles. The Balaban J connectivity index is 1.85. The Morgan fingerprint density at radius 2 is 1.78 bits per heavy atom. The highest BCUT2D eigenvalue weighted by Crippen LogP contribution is 2.21. The van der Waals surface area contributed by atoms with Crippen molar-refractivity contribution in [2.24, 2.45) is 0 Å². The number of nitrogens with one attached hydrogen (secondary N) is 2. The summed E-state index contributed by atoms with van der Waals surface area (Å²) in [6, 6.07) is 9.56. The summed E-state index contributed by atoms with van der Waals surface area (Å²) in [4.78, 5) is 45.3. The molecule has 1 aliphatic rings. The Kier molecular flexibility index (Phi) is 3.34. The SMILES string of the molecule is O=C(Nc1ccc2c(c1)C(=O)NC2=O)c1cccc([N+](=O)[O-])c1. The van der Waals surface area contributed by atoms with E-state index in [1.807, 2.05) is 0 Å². The topological polar surface area (TPSA) is 118 Å². The number of non-ortho nitro benzene ring substituents is 1. The maximum absolute atomic E-state index is 12.1. The van der Waals surface area contributed by atoms with E-state index in [1.165, 1.54) is 36.4 Å². The Morgan fingerprint density at radius 3 is 2.52 bits per heavy atom. The Hall–Kier alpha value is -3.55. The predicted octanol–water partition coefficient (Wildman–Crippen LogP) is 1.73. The zero-order valence-electron chi connectivity index (χ0n) is 11.5. The van der Waals surface area contributed by atoms with E-state index < -0.39 is 22.6 Å². The summed E-state index contributed by atoms with van der Waals surface area (Å²) in [6.07, 6.45) is 0. The largest absolute Gasteiger partial charge is 0.322 e. The van der Waals surface area contributed by atoms with Crippen LogP contribution in [0.2, 0.25) is 0 Å². The quantitative estimate of drug-likeness (QED) is 0.508. The molecule has 2 aromatic carbocycles. The number of imide groups is 1. The van der Waals surface area contributed by atoms with Gasteiger partial charge in [-0.05, 0) is 24.3 Å². The standard InChI is InChI=1S/C15H9N3O5/c19-13(8-2-1-3-10(6-8)18(22)23)16-9-4-5-11-12(7-9)15(21)17-14(11)20/h1-7H,(H,16,19)(H,17,20,21). The molecular formula is C15H9N3O5. The molecule has 1 heterocycles.